The van der Waals surface area contributed by atoms with E-state index >= 15 is 0 Å². The van der Waals surface area contributed by atoms with Crippen LogP contribution in [-0.2, 0) is 4.79 Å². The highest BCUT2D eigenvalue weighted by Gasteiger charge is 2.30. The topological polar surface area (TPSA) is 46.1 Å². The van der Waals surface area contributed by atoms with Gasteiger partial charge in [0.05, 0.1) is 18.1 Å². The number of nitrogens with zero attached hydrogens (tertiary/aromatic N) is 3. The zero-order valence-electron chi connectivity index (χ0n) is 10.9. The largest absolute Gasteiger partial charge is 0.294 e. The van der Waals surface area contributed by atoms with E-state index in [1.807, 2.05) is 30.3 Å². The minimum atomic E-state index is -0.0295. The van der Waals surface area contributed by atoms with Crippen LogP contribution in [0.4, 0.5) is 5.82 Å². The highest BCUT2D eigenvalue weighted by atomic mass is 16.2. The second-order valence-corrected chi connectivity index (χ2v) is 4.70. The van der Waals surface area contributed by atoms with Crippen LogP contribution in [0.5, 0.6) is 0 Å². The van der Waals surface area contributed by atoms with Gasteiger partial charge in [0, 0.05) is 24.4 Å². The summed E-state index contributed by atoms with van der Waals surface area (Å²) in [4.78, 5) is 22.2. The molecule has 0 N–H and O–H groups in total. The minimum absolute atomic E-state index is 0.00899. The van der Waals surface area contributed by atoms with E-state index in [9.17, 15) is 4.79 Å². The molecule has 1 aromatic heterocycles. The van der Waals surface area contributed by atoms with Crippen molar-refractivity contribution in [2.24, 2.45) is 5.92 Å². The number of hydrogen-bond donors (Lipinski definition) is 0. The number of hydrogen-bond acceptors (Lipinski definition) is 3. The summed E-state index contributed by atoms with van der Waals surface area (Å²) in [6.07, 6.45) is 9.06. The van der Waals surface area contributed by atoms with Gasteiger partial charge in [-0.2, -0.15) is 0 Å². The van der Waals surface area contributed by atoms with Crippen LogP contribution in [0.1, 0.15) is 6.42 Å². The Morgan fingerprint density at radius 1 is 1.20 bits per heavy atom. The van der Waals surface area contributed by atoms with Crippen LogP contribution >= 0.6 is 0 Å². The molecule has 4 nitrogen and oxygen atoms in total. The SMILES string of the molecule is C#CC1CC(=O)N(c2cnc(-c3ccccc3)cn2)C1. The van der Waals surface area contributed by atoms with Gasteiger partial charge in [0.2, 0.25) is 5.91 Å². The van der Waals surface area contributed by atoms with E-state index in [2.05, 4.69) is 15.9 Å². The Labute approximate surface area is 117 Å². The Morgan fingerprint density at radius 3 is 2.60 bits per heavy atom. The molecule has 1 aromatic carbocycles. The average molecular weight is 263 g/mol. The van der Waals surface area contributed by atoms with Crippen LogP contribution in [0, 0.1) is 18.3 Å². The average Bonchev–Trinajstić information content (AvgIpc) is 2.89. The fourth-order valence-electron chi connectivity index (χ4n) is 2.26. The number of carbonyl (C=O) groups is 1. The van der Waals surface area contributed by atoms with Crippen LogP contribution < -0.4 is 4.90 Å². The second kappa shape index (κ2) is 5.14. The lowest BCUT2D eigenvalue weighted by atomic mass is 10.1. The van der Waals surface area contributed by atoms with Gasteiger partial charge in [0.1, 0.15) is 0 Å². The maximum Gasteiger partial charge on any atom is 0.229 e. The number of rotatable bonds is 2. The quantitative estimate of drug-likeness (QED) is 0.780. The molecule has 0 aliphatic carbocycles. The van der Waals surface area contributed by atoms with Crippen molar-refractivity contribution in [3.05, 3.63) is 42.7 Å². The molecule has 1 unspecified atom stereocenters. The van der Waals surface area contributed by atoms with Crippen molar-refractivity contribution >= 4 is 11.7 Å². The number of benzene rings is 1. The molecule has 2 aromatic rings. The maximum absolute atomic E-state index is 11.9. The first-order chi connectivity index (χ1) is 9.78. The smallest absolute Gasteiger partial charge is 0.229 e. The molecule has 1 fully saturated rings. The van der Waals surface area contributed by atoms with Crippen molar-refractivity contribution in [1.82, 2.24) is 9.97 Å². The molecule has 1 amide bonds. The van der Waals surface area contributed by atoms with Crippen molar-refractivity contribution in [2.45, 2.75) is 6.42 Å². The van der Waals surface area contributed by atoms with E-state index < -0.39 is 0 Å². The third-order valence-corrected chi connectivity index (χ3v) is 3.35. The van der Waals surface area contributed by atoms with Gasteiger partial charge in [-0.3, -0.25) is 14.7 Å². The first-order valence-electron chi connectivity index (χ1n) is 6.42. The number of terminal acetylenes is 1. The van der Waals surface area contributed by atoms with Crippen molar-refractivity contribution < 1.29 is 4.79 Å². The van der Waals surface area contributed by atoms with E-state index in [0.717, 1.165) is 11.3 Å². The van der Waals surface area contributed by atoms with Crippen molar-refractivity contribution in [3.8, 4) is 23.6 Å². The number of aromatic nitrogens is 2. The third kappa shape index (κ3) is 2.26. The van der Waals surface area contributed by atoms with E-state index in [4.69, 9.17) is 6.42 Å². The lowest BCUT2D eigenvalue weighted by molar-refractivity contribution is -0.117. The molecule has 3 rings (SSSR count). The molecule has 2 heterocycles. The normalized spacial score (nSPS) is 18.1. The van der Waals surface area contributed by atoms with Gasteiger partial charge in [-0.1, -0.05) is 30.3 Å². The van der Waals surface area contributed by atoms with Crippen molar-refractivity contribution in [1.29, 1.82) is 0 Å². The molecule has 1 atom stereocenters. The Bertz CT molecular complexity index is 658. The lowest BCUT2D eigenvalue weighted by Gasteiger charge is -2.14. The Hall–Kier alpha value is -2.67. The van der Waals surface area contributed by atoms with Gasteiger partial charge in [0.25, 0.3) is 0 Å². The molecule has 0 saturated carbocycles. The van der Waals surface area contributed by atoms with Gasteiger partial charge >= 0.3 is 0 Å². The predicted octanol–water partition coefficient (Wildman–Crippen LogP) is 2.13. The first kappa shape index (κ1) is 12.4. The summed E-state index contributed by atoms with van der Waals surface area (Å²) in [5.74, 6) is 3.16. The number of anilines is 1. The van der Waals surface area contributed by atoms with Gasteiger partial charge in [-0.05, 0) is 0 Å². The van der Waals surface area contributed by atoms with Gasteiger partial charge in [0.15, 0.2) is 5.82 Å². The van der Waals surface area contributed by atoms with Crippen LogP contribution in [0.15, 0.2) is 42.7 Å². The predicted molar refractivity (Wildman–Crippen MR) is 76.8 cm³/mol. The van der Waals surface area contributed by atoms with Gasteiger partial charge in [-0.25, -0.2) is 4.98 Å². The minimum Gasteiger partial charge on any atom is -0.294 e. The summed E-state index contributed by atoms with van der Waals surface area (Å²) in [6, 6.07) is 9.80. The molecule has 0 radical (unpaired) electrons. The molecule has 0 spiro atoms. The Kier molecular flexibility index (Phi) is 3.18. The first-order valence-corrected chi connectivity index (χ1v) is 6.42. The zero-order valence-corrected chi connectivity index (χ0v) is 10.9. The van der Waals surface area contributed by atoms with Gasteiger partial charge < -0.3 is 0 Å². The highest BCUT2D eigenvalue weighted by Crippen LogP contribution is 2.23. The Morgan fingerprint density at radius 2 is 2.00 bits per heavy atom. The summed E-state index contributed by atoms with van der Waals surface area (Å²) in [5, 5.41) is 0. The fourth-order valence-corrected chi connectivity index (χ4v) is 2.26. The number of carbonyl (C=O) groups excluding carboxylic acids is 1. The molecular weight excluding hydrogens is 250 g/mol. The van der Waals surface area contributed by atoms with E-state index in [-0.39, 0.29) is 11.8 Å². The molecule has 1 aliphatic rings. The standard InChI is InChI=1S/C16H13N3O/c1-2-12-8-16(20)19(11-12)15-10-17-14(9-18-15)13-6-4-3-5-7-13/h1,3-7,9-10,12H,8,11H2. The van der Waals surface area contributed by atoms with Crippen LogP contribution in [0.2, 0.25) is 0 Å². The molecule has 1 aliphatic heterocycles. The molecule has 20 heavy (non-hydrogen) atoms. The fraction of sp³-hybridized carbons (Fsp3) is 0.188. The summed E-state index contributed by atoms with van der Waals surface area (Å²) in [5.41, 5.74) is 1.79. The monoisotopic (exact) mass is 263 g/mol. The summed E-state index contributed by atoms with van der Waals surface area (Å²) in [6.45, 7) is 0.523. The molecule has 1 saturated heterocycles. The lowest BCUT2D eigenvalue weighted by Crippen LogP contribution is -2.25. The number of amides is 1. The van der Waals surface area contributed by atoms with Crippen LogP contribution in [-0.4, -0.2) is 22.4 Å². The van der Waals surface area contributed by atoms with Crippen LogP contribution in [0.3, 0.4) is 0 Å². The van der Waals surface area contributed by atoms with E-state index in [1.54, 1.807) is 17.3 Å². The highest BCUT2D eigenvalue weighted by molar-refractivity contribution is 5.95. The van der Waals surface area contributed by atoms with Crippen LogP contribution in [0.25, 0.3) is 11.3 Å². The summed E-state index contributed by atoms with van der Waals surface area (Å²) < 4.78 is 0. The summed E-state index contributed by atoms with van der Waals surface area (Å²) in [7, 11) is 0. The third-order valence-electron chi connectivity index (χ3n) is 3.35. The van der Waals surface area contributed by atoms with Gasteiger partial charge in [-0.15, -0.1) is 12.3 Å². The summed E-state index contributed by atoms with van der Waals surface area (Å²) >= 11 is 0. The Balaban J connectivity index is 1.84. The van der Waals surface area contributed by atoms with Crippen molar-refractivity contribution in [2.75, 3.05) is 11.4 Å². The second-order valence-electron chi connectivity index (χ2n) is 4.70. The molecule has 4 heteroatoms. The van der Waals surface area contributed by atoms with Crippen molar-refractivity contribution in [3.63, 3.8) is 0 Å². The maximum atomic E-state index is 11.9. The van der Waals surface area contributed by atoms with E-state index in [0.29, 0.717) is 18.8 Å². The zero-order chi connectivity index (χ0) is 13.9. The molecule has 98 valence electrons. The van der Waals surface area contributed by atoms with E-state index in [1.165, 1.54) is 0 Å². The molecular formula is C16H13N3O. The molecule has 0 bridgehead atoms.